The lowest BCUT2D eigenvalue weighted by Crippen LogP contribution is -1.88. The summed E-state index contributed by atoms with van der Waals surface area (Å²) in [6.07, 6.45) is 0. The van der Waals surface area contributed by atoms with Gasteiger partial charge in [0.1, 0.15) is 0 Å². The second-order valence-corrected chi connectivity index (χ2v) is 1.92. The Morgan fingerprint density at radius 1 is 1.09 bits per heavy atom. The van der Waals surface area contributed by atoms with Crippen LogP contribution in [0.4, 0.5) is 0 Å². The van der Waals surface area contributed by atoms with Crippen LogP contribution in [0.5, 0.6) is 0 Å². The van der Waals surface area contributed by atoms with Crippen molar-refractivity contribution in [1.82, 2.24) is 0 Å². The summed E-state index contributed by atoms with van der Waals surface area (Å²) < 4.78 is 0. The van der Waals surface area contributed by atoms with Crippen LogP contribution in [0.1, 0.15) is 32.1 Å². The lowest BCUT2D eigenvalue weighted by atomic mass is 10.2. The molecule has 0 aromatic heterocycles. The molecule has 0 aliphatic heterocycles. The number of ketones is 1. The maximum atomic E-state index is 10.6. The molecule has 11 heavy (non-hydrogen) atoms. The molecule has 0 radical (unpaired) electrons. The average Bonchev–Trinajstić information content (AvgIpc) is 1.90. The molecular formula is C10H16O. The van der Waals surface area contributed by atoms with E-state index in [0.717, 1.165) is 5.56 Å². The molecule has 1 rings (SSSR count). The molecule has 0 fully saturated rings. The van der Waals surface area contributed by atoms with Crippen molar-refractivity contribution in [3.63, 3.8) is 0 Å². The summed E-state index contributed by atoms with van der Waals surface area (Å²) >= 11 is 0. The van der Waals surface area contributed by atoms with E-state index in [-0.39, 0.29) is 20.6 Å². The van der Waals surface area contributed by atoms with Gasteiger partial charge in [-0.3, -0.25) is 4.79 Å². The lowest BCUT2D eigenvalue weighted by Gasteiger charge is -1.89. The van der Waals surface area contributed by atoms with Gasteiger partial charge in [-0.1, -0.05) is 45.2 Å². The zero-order valence-corrected chi connectivity index (χ0v) is 5.29. The maximum Gasteiger partial charge on any atom is 0.159 e. The fraction of sp³-hybridized carbons (Fsp3) is 0.300. The van der Waals surface area contributed by atoms with Crippen LogP contribution in [0.25, 0.3) is 0 Å². The van der Waals surface area contributed by atoms with Gasteiger partial charge in [-0.25, -0.2) is 0 Å². The fourth-order valence-electron chi connectivity index (χ4n) is 0.673. The molecule has 0 atom stereocenters. The Kier molecular flexibility index (Phi) is 6.46. The van der Waals surface area contributed by atoms with Gasteiger partial charge in [0.15, 0.2) is 5.78 Å². The number of benzene rings is 1. The Balaban J connectivity index is 0. The van der Waals surface area contributed by atoms with E-state index in [1.807, 2.05) is 30.3 Å². The van der Waals surface area contributed by atoms with Crippen molar-refractivity contribution in [2.75, 3.05) is 0 Å². The zero-order chi connectivity index (χ0) is 6.69. The molecule has 0 aliphatic carbocycles. The summed E-state index contributed by atoms with van der Waals surface area (Å²) in [7, 11) is 0. The smallest absolute Gasteiger partial charge is 0.159 e. The highest BCUT2D eigenvalue weighted by atomic mass is 16.1. The van der Waals surface area contributed by atoms with Gasteiger partial charge >= 0.3 is 0 Å². The highest BCUT2D eigenvalue weighted by Crippen LogP contribution is 1.97. The number of carbonyl (C=O) groups excluding carboxylic acids is 1. The highest BCUT2D eigenvalue weighted by molar-refractivity contribution is 5.93. The van der Waals surface area contributed by atoms with Gasteiger partial charge in [-0.2, -0.15) is 0 Å². The van der Waals surface area contributed by atoms with E-state index in [9.17, 15) is 4.79 Å². The minimum Gasteiger partial charge on any atom is -0.295 e. The Morgan fingerprint density at radius 3 is 1.82 bits per heavy atom. The van der Waals surface area contributed by atoms with Crippen LogP contribution in [0.2, 0.25) is 0 Å². The van der Waals surface area contributed by atoms with Gasteiger partial charge in [-0.05, 0) is 6.92 Å². The van der Waals surface area contributed by atoms with Crippen molar-refractivity contribution in [2.45, 2.75) is 21.8 Å². The van der Waals surface area contributed by atoms with Gasteiger partial charge in [0.05, 0.1) is 0 Å². The minimum absolute atomic E-state index is 0. The summed E-state index contributed by atoms with van der Waals surface area (Å²) in [4.78, 5) is 10.6. The average molecular weight is 152 g/mol. The fourth-order valence-corrected chi connectivity index (χ4v) is 0.673. The molecule has 0 saturated carbocycles. The van der Waals surface area contributed by atoms with E-state index in [2.05, 4.69) is 0 Å². The van der Waals surface area contributed by atoms with E-state index >= 15 is 0 Å². The van der Waals surface area contributed by atoms with Crippen molar-refractivity contribution < 1.29 is 4.79 Å². The van der Waals surface area contributed by atoms with Gasteiger partial charge in [0.2, 0.25) is 0 Å². The summed E-state index contributed by atoms with van der Waals surface area (Å²) in [6.45, 7) is 1.56. The largest absolute Gasteiger partial charge is 0.295 e. The Hall–Kier alpha value is -1.11. The maximum absolute atomic E-state index is 10.6. The number of Topliss-reactive ketones (excluding diaryl/α,β-unsaturated/α-hetero) is 1. The third kappa shape index (κ3) is 3.56. The van der Waals surface area contributed by atoms with E-state index < -0.39 is 0 Å². The predicted molar refractivity (Wildman–Crippen MR) is 49.9 cm³/mol. The Morgan fingerprint density at radius 2 is 1.55 bits per heavy atom. The summed E-state index contributed by atoms with van der Waals surface area (Å²) in [5.41, 5.74) is 0.775. The standard InChI is InChI=1S/C8H8O.2CH4/c1-7(9)8-5-3-2-4-6-8;;/h2-6H,1H3;2*1H4. The molecule has 0 aliphatic rings. The molecule has 0 spiro atoms. The molecule has 0 saturated heterocycles. The molecule has 62 valence electrons. The first-order valence-corrected chi connectivity index (χ1v) is 2.86. The number of hydrogen-bond acceptors (Lipinski definition) is 1. The molecule has 1 heteroatoms. The van der Waals surface area contributed by atoms with E-state index in [1.165, 1.54) is 0 Å². The first-order valence-electron chi connectivity index (χ1n) is 2.86. The summed E-state index contributed by atoms with van der Waals surface area (Å²) in [5, 5.41) is 0. The molecule has 0 amide bonds. The first-order chi connectivity index (χ1) is 4.30. The van der Waals surface area contributed by atoms with Crippen LogP contribution in [0.15, 0.2) is 30.3 Å². The SMILES string of the molecule is C.C.CC(=O)c1ccccc1. The normalized spacial score (nSPS) is 7.36. The topological polar surface area (TPSA) is 17.1 Å². The second kappa shape index (κ2) is 5.66. The predicted octanol–water partition coefficient (Wildman–Crippen LogP) is 3.16. The van der Waals surface area contributed by atoms with Crippen LogP contribution in [-0.4, -0.2) is 5.78 Å². The Labute approximate surface area is 69.1 Å². The monoisotopic (exact) mass is 152 g/mol. The molecule has 0 N–H and O–H groups in total. The zero-order valence-electron chi connectivity index (χ0n) is 5.29. The molecule has 0 heterocycles. The lowest BCUT2D eigenvalue weighted by molar-refractivity contribution is 0.101. The quantitative estimate of drug-likeness (QED) is 0.565. The number of carbonyl (C=O) groups is 1. The molecule has 1 aromatic carbocycles. The summed E-state index contributed by atoms with van der Waals surface area (Å²) in [6, 6.07) is 9.23. The highest BCUT2D eigenvalue weighted by Gasteiger charge is 1.92. The van der Waals surface area contributed by atoms with Gasteiger partial charge in [-0.15, -0.1) is 0 Å². The van der Waals surface area contributed by atoms with Crippen LogP contribution >= 0.6 is 0 Å². The van der Waals surface area contributed by atoms with Gasteiger partial charge in [0.25, 0.3) is 0 Å². The van der Waals surface area contributed by atoms with Gasteiger partial charge in [0, 0.05) is 5.56 Å². The van der Waals surface area contributed by atoms with Crippen molar-refractivity contribution in [1.29, 1.82) is 0 Å². The molecule has 1 nitrogen and oxygen atoms in total. The molecular weight excluding hydrogens is 136 g/mol. The van der Waals surface area contributed by atoms with Crippen LogP contribution < -0.4 is 0 Å². The first kappa shape index (κ1) is 12.6. The van der Waals surface area contributed by atoms with E-state index in [0.29, 0.717) is 0 Å². The van der Waals surface area contributed by atoms with E-state index in [4.69, 9.17) is 0 Å². The van der Waals surface area contributed by atoms with Crippen LogP contribution in [-0.2, 0) is 0 Å². The molecule has 0 unspecified atom stereocenters. The third-order valence-corrected chi connectivity index (χ3v) is 1.18. The molecule has 0 bridgehead atoms. The third-order valence-electron chi connectivity index (χ3n) is 1.18. The second-order valence-electron chi connectivity index (χ2n) is 1.92. The van der Waals surface area contributed by atoms with Crippen molar-refractivity contribution >= 4 is 5.78 Å². The summed E-state index contributed by atoms with van der Waals surface area (Å²) in [5.74, 6) is 0.121. The number of hydrogen-bond donors (Lipinski definition) is 0. The van der Waals surface area contributed by atoms with Gasteiger partial charge < -0.3 is 0 Å². The number of rotatable bonds is 1. The van der Waals surface area contributed by atoms with Crippen LogP contribution in [0, 0.1) is 0 Å². The van der Waals surface area contributed by atoms with E-state index in [1.54, 1.807) is 6.92 Å². The van der Waals surface area contributed by atoms with Crippen LogP contribution in [0.3, 0.4) is 0 Å². The molecule has 1 aromatic rings. The van der Waals surface area contributed by atoms with Crippen molar-refractivity contribution in [3.05, 3.63) is 35.9 Å². The van der Waals surface area contributed by atoms with Crippen molar-refractivity contribution in [2.24, 2.45) is 0 Å². The minimum atomic E-state index is 0. The van der Waals surface area contributed by atoms with Crippen molar-refractivity contribution in [3.8, 4) is 0 Å². The Bertz CT molecular complexity index is 201.